The van der Waals surface area contributed by atoms with Gasteiger partial charge in [0.1, 0.15) is 0 Å². The van der Waals surface area contributed by atoms with Crippen LogP contribution in [0, 0.1) is 6.92 Å². The fourth-order valence-electron chi connectivity index (χ4n) is 3.67. The summed E-state index contributed by atoms with van der Waals surface area (Å²) in [5.41, 5.74) is 2.81. The minimum atomic E-state index is -0.0628. The lowest BCUT2D eigenvalue weighted by Crippen LogP contribution is -2.46. The summed E-state index contributed by atoms with van der Waals surface area (Å²) < 4.78 is 1.68. The summed E-state index contributed by atoms with van der Waals surface area (Å²) in [6.45, 7) is 3.11. The molecule has 0 atom stereocenters. The van der Waals surface area contributed by atoms with Crippen molar-refractivity contribution >= 4 is 22.8 Å². The highest BCUT2D eigenvalue weighted by Crippen LogP contribution is 2.21. The van der Waals surface area contributed by atoms with Crippen molar-refractivity contribution in [3.8, 4) is 0 Å². The maximum absolute atomic E-state index is 13.1. The van der Waals surface area contributed by atoms with E-state index in [9.17, 15) is 9.59 Å². The van der Waals surface area contributed by atoms with Gasteiger partial charge in [-0.2, -0.15) is 5.10 Å². The standard InChI is InChI=1S/C21H23N5O2/c1-14-12-17(18-13-22-25(2)19(18)23-14)21(28)26-10-8-16(9-11-26)24-20(27)15-6-4-3-5-7-15/h3-7,12-13,16H,8-11H2,1-2H3,(H,24,27). The molecule has 0 saturated carbocycles. The molecule has 1 saturated heterocycles. The Morgan fingerprint density at radius 1 is 1.14 bits per heavy atom. The van der Waals surface area contributed by atoms with E-state index in [1.807, 2.05) is 43.1 Å². The first-order chi connectivity index (χ1) is 13.5. The van der Waals surface area contributed by atoms with Crippen molar-refractivity contribution < 1.29 is 9.59 Å². The minimum absolute atomic E-state index is 0.00339. The van der Waals surface area contributed by atoms with E-state index in [0.29, 0.717) is 29.9 Å². The summed E-state index contributed by atoms with van der Waals surface area (Å²) in [6.07, 6.45) is 3.18. The molecular weight excluding hydrogens is 354 g/mol. The second-order valence-electron chi connectivity index (χ2n) is 7.22. The number of hydrogen-bond donors (Lipinski definition) is 1. The second kappa shape index (κ2) is 7.42. The van der Waals surface area contributed by atoms with Crippen LogP contribution in [0.25, 0.3) is 11.0 Å². The van der Waals surface area contributed by atoms with Gasteiger partial charge in [0, 0.05) is 37.4 Å². The number of rotatable bonds is 3. The van der Waals surface area contributed by atoms with Gasteiger partial charge in [-0.3, -0.25) is 14.3 Å². The molecule has 1 aliphatic rings. The van der Waals surface area contributed by atoms with Gasteiger partial charge >= 0.3 is 0 Å². The zero-order valence-electron chi connectivity index (χ0n) is 16.1. The molecule has 0 bridgehead atoms. The average molecular weight is 377 g/mol. The molecule has 0 spiro atoms. The quantitative estimate of drug-likeness (QED) is 0.760. The van der Waals surface area contributed by atoms with Crippen LogP contribution in [-0.2, 0) is 7.05 Å². The van der Waals surface area contributed by atoms with Crippen molar-refractivity contribution in [1.82, 2.24) is 25.0 Å². The molecule has 2 aromatic heterocycles. The van der Waals surface area contributed by atoms with Crippen LogP contribution in [0.5, 0.6) is 0 Å². The predicted octanol–water partition coefficient (Wildman–Crippen LogP) is 2.31. The number of nitrogens with one attached hydrogen (secondary N) is 1. The number of fused-ring (bicyclic) bond motifs is 1. The average Bonchev–Trinajstić information content (AvgIpc) is 3.09. The van der Waals surface area contributed by atoms with Crippen molar-refractivity contribution in [2.45, 2.75) is 25.8 Å². The Morgan fingerprint density at radius 2 is 1.86 bits per heavy atom. The molecule has 28 heavy (non-hydrogen) atoms. The zero-order chi connectivity index (χ0) is 19.7. The van der Waals surface area contributed by atoms with Crippen LogP contribution in [0.4, 0.5) is 0 Å². The maximum atomic E-state index is 13.1. The van der Waals surface area contributed by atoms with Gasteiger partial charge in [-0.1, -0.05) is 18.2 Å². The smallest absolute Gasteiger partial charge is 0.254 e. The number of carbonyl (C=O) groups excluding carboxylic acids is 2. The zero-order valence-corrected chi connectivity index (χ0v) is 16.1. The van der Waals surface area contributed by atoms with Gasteiger partial charge in [0.25, 0.3) is 11.8 Å². The van der Waals surface area contributed by atoms with Crippen molar-refractivity contribution in [1.29, 1.82) is 0 Å². The Hall–Kier alpha value is -3.22. The Balaban J connectivity index is 1.43. The molecule has 1 fully saturated rings. The number of aromatic nitrogens is 3. The van der Waals surface area contributed by atoms with E-state index in [1.54, 1.807) is 23.0 Å². The van der Waals surface area contributed by atoms with Gasteiger partial charge in [0.2, 0.25) is 0 Å². The Morgan fingerprint density at radius 3 is 2.57 bits per heavy atom. The Bertz CT molecular complexity index is 1020. The monoisotopic (exact) mass is 377 g/mol. The van der Waals surface area contributed by atoms with Gasteiger partial charge in [-0.15, -0.1) is 0 Å². The summed E-state index contributed by atoms with van der Waals surface area (Å²) in [5.74, 6) is -0.0662. The fourth-order valence-corrected chi connectivity index (χ4v) is 3.67. The molecule has 1 aromatic carbocycles. The summed E-state index contributed by atoms with van der Waals surface area (Å²) in [5, 5.41) is 8.09. The molecular formula is C21H23N5O2. The molecule has 0 aliphatic carbocycles. The van der Waals surface area contributed by atoms with Crippen LogP contribution in [-0.4, -0.2) is 50.6 Å². The van der Waals surface area contributed by atoms with Gasteiger partial charge < -0.3 is 10.2 Å². The number of amides is 2. The molecule has 7 heteroatoms. The van der Waals surface area contributed by atoms with Crippen LogP contribution in [0.15, 0.2) is 42.6 Å². The van der Waals surface area contributed by atoms with Gasteiger partial charge in [0.15, 0.2) is 5.65 Å². The molecule has 4 rings (SSSR count). The lowest BCUT2D eigenvalue weighted by molar-refractivity contribution is 0.0700. The van der Waals surface area contributed by atoms with Crippen molar-refractivity contribution in [2.75, 3.05) is 13.1 Å². The summed E-state index contributed by atoms with van der Waals surface area (Å²) >= 11 is 0. The molecule has 3 heterocycles. The SMILES string of the molecule is Cc1cc(C(=O)N2CCC(NC(=O)c3ccccc3)CC2)c2cnn(C)c2n1. The molecule has 2 amide bonds. The minimum Gasteiger partial charge on any atom is -0.349 e. The van der Waals surface area contributed by atoms with E-state index in [1.165, 1.54) is 0 Å². The van der Waals surface area contributed by atoms with Crippen LogP contribution >= 0.6 is 0 Å². The third-order valence-corrected chi connectivity index (χ3v) is 5.22. The van der Waals surface area contributed by atoms with E-state index >= 15 is 0 Å². The first-order valence-corrected chi connectivity index (χ1v) is 9.47. The van der Waals surface area contributed by atoms with Gasteiger partial charge in [0.05, 0.1) is 17.1 Å². The van der Waals surface area contributed by atoms with Crippen molar-refractivity contribution in [3.63, 3.8) is 0 Å². The fraction of sp³-hybridized carbons (Fsp3) is 0.333. The van der Waals surface area contributed by atoms with E-state index in [2.05, 4.69) is 15.4 Å². The Labute approximate surface area is 163 Å². The molecule has 3 aromatic rings. The second-order valence-corrected chi connectivity index (χ2v) is 7.22. The number of aryl methyl sites for hydroxylation is 2. The van der Waals surface area contributed by atoms with Crippen LogP contribution in [0.3, 0.4) is 0 Å². The molecule has 7 nitrogen and oxygen atoms in total. The highest BCUT2D eigenvalue weighted by molar-refractivity contribution is 6.05. The largest absolute Gasteiger partial charge is 0.349 e. The maximum Gasteiger partial charge on any atom is 0.254 e. The lowest BCUT2D eigenvalue weighted by atomic mass is 10.0. The first-order valence-electron chi connectivity index (χ1n) is 9.47. The Kier molecular flexibility index (Phi) is 4.81. The highest BCUT2D eigenvalue weighted by Gasteiger charge is 2.26. The molecule has 0 radical (unpaired) electrons. The molecule has 144 valence electrons. The third kappa shape index (κ3) is 3.47. The number of pyridine rings is 1. The van der Waals surface area contributed by atoms with E-state index < -0.39 is 0 Å². The normalized spacial score (nSPS) is 15.0. The summed E-state index contributed by atoms with van der Waals surface area (Å²) in [4.78, 5) is 31.8. The number of nitrogens with zero attached hydrogens (tertiary/aromatic N) is 4. The molecule has 0 unspecified atom stereocenters. The molecule has 1 aliphatic heterocycles. The van der Waals surface area contributed by atoms with Gasteiger partial charge in [-0.25, -0.2) is 4.98 Å². The topological polar surface area (TPSA) is 80.1 Å². The number of benzene rings is 1. The third-order valence-electron chi connectivity index (χ3n) is 5.22. The number of carbonyl (C=O) groups is 2. The predicted molar refractivity (Wildman–Crippen MR) is 106 cm³/mol. The first kappa shape index (κ1) is 18.2. The van der Waals surface area contributed by atoms with Crippen molar-refractivity contribution in [2.24, 2.45) is 7.05 Å². The van der Waals surface area contributed by atoms with E-state index in [4.69, 9.17) is 0 Å². The van der Waals surface area contributed by atoms with Crippen LogP contribution < -0.4 is 5.32 Å². The van der Waals surface area contributed by atoms with E-state index in [0.717, 1.165) is 23.9 Å². The summed E-state index contributed by atoms with van der Waals surface area (Å²) in [6, 6.07) is 11.1. The highest BCUT2D eigenvalue weighted by atomic mass is 16.2. The number of hydrogen-bond acceptors (Lipinski definition) is 4. The van der Waals surface area contributed by atoms with Gasteiger partial charge in [-0.05, 0) is 38.0 Å². The summed E-state index contributed by atoms with van der Waals surface area (Å²) in [7, 11) is 1.82. The van der Waals surface area contributed by atoms with Crippen molar-refractivity contribution in [3.05, 3.63) is 59.4 Å². The lowest BCUT2D eigenvalue weighted by Gasteiger charge is -2.32. The molecule has 1 N–H and O–H groups in total. The number of piperidine rings is 1. The van der Waals surface area contributed by atoms with E-state index in [-0.39, 0.29) is 17.9 Å². The van der Waals surface area contributed by atoms with Crippen LogP contribution in [0.2, 0.25) is 0 Å². The number of likely N-dealkylation sites (tertiary alicyclic amines) is 1. The van der Waals surface area contributed by atoms with Crippen LogP contribution in [0.1, 0.15) is 39.3 Å².